The maximum atomic E-state index is 11.0. The summed E-state index contributed by atoms with van der Waals surface area (Å²) in [5, 5.41) is 0. The standard InChI is InChI=1S/C9H14O3/c1-6(7(2)10)5-8-3-4-12-9(8)11/h6,8H,3-5H2,1-2H3/t6-,8+/m0/s1. The number of ether oxygens (including phenoxy) is 1. The van der Waals surface area contributed by atoms with E-state index in [0.29, 0.717) is 13.0 Å². The zero-order valence-corrected chi connectivity index (χ0v) is 7.50. The average Bonchev–Trinajstić information content (AvgIpc) is 2.36. The number of rotatable bonds is 3. The first-order valence-corrected chi connectivity index (χ1v) is 4.28. The average molecular weight is 170 g/mol. The minimum Gasteiger partial charge on any atom is -0.465 e. The van der Waals surface area contributed by atoms with Crippen LogP contribution in [0.25, 0.3) is 0 Å². The van der Waals surface area contributed by atoms with Crippen LogP contribution >= 0.6 is 0 Å². The number of esters is 1. The van der Waals surface area contributed by atoms with Crippen LogP contribution in [0.2, 0.25) is 0 Å². The monoisotopic (exact) mass is 170 g/mol. The van der Waals surface area contributed by atoms with E-state index < -0.39 is 0 Å². The Morgan fingerprint density at radius 2 is 2.42 bits per heavy atom. The van der Waals surface area contributed by atoms with E-state index in [1.165, 1.54) is 0 Å². The molecule has 1 fully saturated rings. The van der Waals surface area contributed by atoms with Crippen LogP contribution in [0.5, 0.6) is 0 Å². The molecule has 0 amide bonds. The molecule has 3 nitrogen and oxygen atoms in total. The second-order valence-electron chi connectivity index (χ2n) is 3.40. The van der Waals surface area contributed by atoms with Crippen LogP contribution in [0.4, 0.5) is 0 Å². The summed E-state index contributed by atoms with van der Waals surface area (Å²) in [5.74, 6) is -0.0395. The molecule has 1 aliphatic rings. The Morgan fingerprint density at radius 1 is 1.75 bits per heavy atom. The Bertz CT molecular complexity index is 198. The Hall–Kier alpha value is -0.860. The van der Waals surface area contributed by atoms with Gasteiger partial charge in [-0.25, -0.2) is 0 Å². The molecule has 1 aliphatic heterocycles. The lowest BCUT2D eigenvalue weighted by Gasteiger charge is -2.09. The zero-order chi connectivity index (χ0) is 9.14. The first-order chi connectivity index (χ1) is 5.61. The quantitative estimate of drug-likeness (QED) is 0.597. The van der Waals surface area contributed by atoms with Gasteiger partial charge in [-0.3, -0.25) is 9.59 Å². The van der Waals surface area contributed by atoms with Gasteiger partial charge in [0.25, 0.3) is 0 Å². The van der Waals surface area contributed by atoms with Crippen molar-refractivity contribution in [3.63, 3.8) is 0 Å². The van der Waals surface area contributed by atoms with Gasteiger partial charge in [-0.15, -0.1) is 0 Å². The van der Waals surface area contributed by atoms with Crippen LogP contribution in [0.15, 0.2) is 0 Å². The van der Waals surface area contributed by atoms with E-state index in [1.807, 2.05) is 6.92 Å². The predicted octanol–water partition coefficient (Wildman–Crippen LogP) is 1.16. The molecular weight excluding hydrogens is 156 g/mol. The highest BCUT2D eigenvalue weighted by atomic mass is 16.5. The van der Waals surface area contributed by atoms with Gasteiger partial charge in [0.2, 0.25) is 0 Å². The van der Waals surface area contributed by atoms with Gasteiger partial charge in [0.05, 0.1) is 12.5 Å². The molecule has 1 saturated heterocycles. The lowest BCUT2D eigenvalue weighted by atomic mass is 9.92. The Balaban J connectivity index is 2.40. The van der Waals surface area contributed by atoms with E-state index in [4.69, 9.17) is 4.74 Å². The fraction of sp³-hybridized carbons (Fsp3) is 0.778. The minimum atomic E-state index is -0.136. The van der Waals surface area contributed by atoms with Gasteiger partial charge in [0.1, 0.15) is 5.78 Å². The van der Waals surface area contributed by atoms with Gasteiger partial charge in [-0.2, -0.15) is 0 Å². The lowest BCUT2D eigenvalue weighted by molar-refractivity contribution is -0.141. The maximum absolute atomic E-state index is 11.0. The molecular formula is C9H14O3. The van der Waals surface area contributed by atoms with Crippen molar-refractivity contribution in [3.05, 3.63) is 0 Å². The third-order valence-corrected chi connectivity index (χ3v) is 2.38. The van der Waals surface area contributed by atoms with Crippen molar-refractivity contribution in [1.29, 1.82) is 0 Å². The summed E-state index contributed by atoms with van der Waals surface area (Å²) >= 11 is 0. The fourth-order valence-electron chi connectivity index (χ4n) is 1.34. The van der Waals surface area contributed by atoms with Crippen LogP contribution in [-0.2, 0) is 14.3 Å². The van der Waals surface area contributed by atoms with Crippen molar-refractivity contribution in [1.82, 2.24) is 0 Å². The molecule has 0 aromatic rings. The number of carbonyl (C=O) groups excluding carboxylic acids is 2. The van der Waals surface area contributed by atoms with Crippen molar-refractivity contribution in [2.24, 2.45) is 11.8 Å². The molecule has 0 radical (unpaired) electrons. The van der Waals surface area contributed by atoms with Gasteiger partial charge in [-0.05, 0) is 19.8 Å². The van der Waals surface area contributed by atoms with Crippen molar-refractivity contribution < 1.29 is 14.3 Å². The van der Waals surface area contributed by atoms with Crippen molar-refractivity contribution in [3.8, 4) is 0 Å². The van der Waals surface area contributed by atoms with Crippen molar-refractivity contribution >= 4 is 11.8 Å². The molecule has 0 spiro atoms. The number of hydrogen-bond donors (Lipinski definition) is 0. The van der Waals surface area contributed by atoms with E-state index in [2.05, 4.69) is 0 Å². The Labute approximate surface area is 72.1 Å². The van der Waals surface area contributed by atoms with E-state index in [9.17, 15) is 9.59 Å². The smallest absolute Gasteiger partial charge is 0.309 e. The number of carbonyl (C=O) groups is 2. The van der Waals surface area contributed by atoms with E-state index >= 15 is 0 Å². The van der Waals surface area contributed by atoms with Crippen LogP contribution in [0.1, 0.15) is 26.7 Å². The second kappa shape index (κ2) is 3.70. The van der Waals surface area contributed by atoms with E-state index in [-0.39, 0.29) is 23.6 Å². The van der Waals surface area contributed by atoms with Gasteiger partial charge in [0, 0.05) is 5.92 Å². The summed E-state index contributed by atoms with van der Waals surface area (Å²) in [7, 11) is 0. The van der Waals surface area contributed by atoms with Gasteiger partial charge >= 0.3 is 5.97 Å². The highest BCUT2D eigenvalue weighted by Crippen LogP contribution is 2.22. The first kappa shape index (κ1) is 9.23. The van der Waals surface area contributed by atoms with Crippen LogP contribution < -0.4 is 0 Å². The molecule has 0 aromatic carbocycles. The van der Waals surface area contributed by atoms with Crippen LogP contribution in [0.3, 0.4) is 0 Å². The second-order valence-corrected chi connectivity index (χ2v) is 3.40. The predicted molar refractivity (Wildman–Crippen MR) is 43.5 cm³/mol. The molecule has 12 heavy (non-hydrogen) atoms. The van der Waals surface area contributed by atoms with Crippen LogP contribution in [0, 0.1) is 11.8 Å². The first-order valence-electron chi connectivity index (χ1n) is 4.28. The third kappa shape index (κ3) is 2.06. The highest BCUT2D eigenvalue weighted by molar-refractivity contribution is 5.79. The summed E-state index contributed by atoms with van der Waals surface area (Å²) in [6.45, 7) is 3.94. The highest BCUT2D eigenvalue weighted by Gasteiger charge is 2.28. The van der Waals surface area contributed by atoms with E-state index in [0.717, 1.165) is 6.42 Å². The molecule has 0 unspecified atom stereocenters. The molecule has 3 heteroatoms. The molecule has 2 atom stereocenters. The number of cyclic esters (lactones) is 1. The van der Waals surface area contributed by atoms with E-state index in [1.54, 1.807) is 6.92 Å². The summed E-state index contributed by atoms with van der Waals surface area (Å²) < 4.78 is 4.80. The molecule has 0 aliphatic carbocycles. The molecule has 1 rings (SSSR count). The Kier molecular flexibility index (Phi) is 2.84. The molecule has 0 bridgehead atoms. The summed E-state index contributed by atoms with van der Waals surface area (Å²) in [5.41, 5.74) is 0. The summed E-state index contributed by atoms with van der Waals surface area (Å²) in [6.07, 6.45) is 1.42. The maximum Gasteiger partial charge on any atom is 0.309 e. The molecule has 68 valence electrons. The van der Waals surface area contributed by atoms with Gasteiger partial charge in [0.15, 0.2) is 0 Å². The Morgan fingerprint density at radius 3 is 2.83 bits per heavy atom. The molecule has 0 saturated carbocycles. The molecule has 1 heterocycles. The number of ketones is 1. The van der Waals surface area contributed by atoms with Crippen LogP contribution in [-0.4, -0.2) is 18.4 Å². The number of Topliss-reactive ketones (excluding diaryl/α,β-unsaturated/α-hetero) is 1. The summed E-state index contributed by atoms with van der Waals surface area (Å²) in [6, 6.07) is 0. The van der Waals surface area contributed by atoms with Gasteiger partial charge < -0.3 is 4.74 Å². The SMILES string of the molecule is CC(=O)[C@@H](C)C[C@H]1CCOC1=O. The number of hydrogen-bond acceptors (Lipinski definition) is 3. The normalized spacial score (nSPS) is 25.2. The third-order valence-electron chi connectivity index (χ3n) is 2.38. The molecule has 0 N–H and O–H groups in total. The van der Waals surface area contributed by atoms with Crippen molar-refractivity contribution in [2.75, 3.05) is 6.61 Å². The van der Waals surface area contributed by atoms with Crippen molar-refractivity contribution in [2.45, 2.75) is 26.7 Å². The fourth-order valence-corrected chi connectivity index (χ4v) is 1.34. The zero-order valence-electron chi connectivity index (χ0n) is 7.50. The topological polar surface area (TPSA) is 43.4 Å². The van der Waals surface area contributed by atoms with Gasteiger partial charge in [-0.1, -0.05) is 6.92 Å². The molecule has 0 aromatic heterocycles. The largest absolute Gasteiger partial charge is 0.465 e. The minimum absolute atomic E-state index is 0.0133. The lowest BCUT2D eigenvalue weighted by Crippen LogP contribution is -2.16. The summed E-state index contributed by atoms with van der Waals surface area (Å²) in [4.78, 5) is 21.9.